The Bertz CT molecular complexity index is 309. The van der Waals surface area contributed by atoms with E-state index in [0.717, 1.165) is 25.0 Å². The standard InChI is InChI=1S/C15H32N4O/c1-7-16-14(18-11-15(2,3)20-6)17-10-13(19(4)5)12-8-9-12/h12-13H,7-11H2,1-6H3,(H2,16,17,18). The monoisotopic (exact) mass is 284 g/mol. The Morgan fingerprint density at radius 1 is 1.35 bits per heavy atom. The van der Waals surface area contributed by atoms with Crippen LogP contribution in [-0.2, 0) is 4.74 Å². The first kappa shape index (κ1) is 17.2. The summed E-state index contributed by atoms with van der Waals surface area (Å²) >= 11 is 0. The molecule has 1 fully saturated rings. The fourth-order valence-electron chi connectivity index (χ4n) is 2.13. The van der Waals surface area contributed by atoms with E-state index >= 15 is 0 Å². The second-order valence-electron chi connectivity index (χ2n) is 6.41. The van der Waals surface area contributed by atoms with Crippen LogP contribution in [0.15, 0.2) is 4.99 Å². The second-order valence-corrected chi connectivity index (χ2v) is 6.41. The summed E-state index contributed by atoms with van der Waals surface area (Å²) in [5.74, 6) is 1.72. The molecule has 1 aliphatic rings. The number of ether oxygens (including phenoxy) is 1. The number of guanidine groups is 1. The normalized spacial score (nSPS) is 18.2. The lowest BCUT2D eigenvalue weighted by Crippen LogP contribution is -2.46. The maximum atomic E-state index is 5.41. The van der Waals surface area contributed by atoms with Crippen LogP contribution in [0.2, 0.25) is 0 Å². The molecule has 1 unspecified atom stereocenters. The fraction of sp³-hybridized carbons (Fsp3) is 0.933. The maximum absolute atomic E-state index is 5.41. The van der Waals surface area contributed by atoms with Gasteiger partial charge >= 0.3 is 0 Å². The van der Waals surface area contributed by atoms with Gasteiger partial charge < -0.3 is 20.3 Å². The summed E-state index contributed by atoms with van der Waals surface area (Å²) in [6.45, 7) is 8.64. The predicted molar refractivity (Wildman–Crippen MR) is 85.3 cm³/mol. The molecule has 118 valence electrons. The Hall–Kier alpha value is -0.810. The van der Waals surface area contributed by atoms with Gasteiger partial charge in [-0.3, -0.25) is 4.99 Å². The number of methoxy groups -OCH3 is 1. The highest BCUT2D eigenvalue weighted by atomic mass is 16.5. The van der Waals surface area contributed by atoms with Gasteiger partial charge in [0.1, 0.15) is 0 Å². The van der Waals surface area contributed by atoms with Crippen LogP contribution in [0, 0.1) is 5.92 Å². The first-order chi connectivity index (χ1) is 9.39. The molecule has 0 aromatic heterocycles. The maximum Gasteiger partial charge on any atom is 0.191 e. The molecule has 5 nitrogen and oxygen atoms in total. The van der Waals surface area contributed by atoms with Crippen LogP contribution in [0.5, 0.6) is 0 Å². The van der Waals surface area contributed by atoms with Crippen LogP contribution in [-0.4, -0.2) is 63.3 Å². The quantitative estimate of drug-likeness (QED) is 0.521. The van der Waals surface area contributed by atoms with Gasteiger partial charge in [0.2, 0.25) is 0 Å². The van der Waals surface area contributed by atoms with Gasteiger partial charge in [0.25, 0.3) is 0 Å². The van der Waals surface area contributed by atoms with Gasteiger partial charge in [-0.25, -0.2) is 0 Å². The van der Waals surface area contributed by atoms with Crippen molar-refractivity contribution in [2.75, 3.05) is 40.8 Å². The van der Waals surface area contributed by atoms with Crippen molar-refractivity contribution in [2.45, 2.75) is 45.3 Å². The third kappa shape index (κ3) is 6.09. The minimum absolute atomic E-state index is 0.222. The lowest BCUT2D eigenvalue weighted by atomic mass is 10.1. The van der Waals surface area contributed by atoms with E-state index < -0.39 is 0 Å². The molecular weight excluding hydrogens is 252 g/mol. The molecule has 1 rings (SSSR count). The third-order valence-electron chi connectivity index (χ3n) is 3.82. The Labute approximate surface area is 124 Å². The summed E-state index contributed by atoms with van der Waals surface area (Å²) in [4.78, 5) is 6.93. The van der Waals surface area contributed by atoms with E-state index in [1.807, 2.05) is 13.8 Å². The van der Waals surface area contributed by atoms with E-state index in [4.69, 9.17) is 4.74 Å². The topological polar surface area (TPSA) is 48.9 Å². The van der Waals surface area contributed by atoms with Crippen molar-refractivity contribution in [1.82, 2.24) is 15.5 Å². The molecule has 1 atom stereocenters. The number of hydrogen-bond acceptors (Lipinski definition) is 3. The van der Waals surface area contributed by atoms with Crippen molar-refractivity contribution in [3.05, 3.63) is 0 Å². The smallest absolute Gasteiger partial charge is 0.191 e. The molecule has 0 radical (unpaired) electrons. The number of nitrogens with zero attached hydrogens (tertiary/aromatic N) is 2. The predicted octanol–water partition coefficient (Wildman–Crippen LogP) is 1.31. The average Bonchev–Trinajstić information content (AvgIpc) is 3.20. The van der Waals surface area contributed by atoms with Crippen LogP contribution >= 0.6 is 0 Å². The molecule has 1 saturated carbocycles. The highest BCUT2D eigenvalue weighted by Crippen LogP contribution is 2.34. The molecule has 0 aliphatic heterocycles. The Morgan fingerprint density at radius 2 is 2.00 bits per heavy atom. The summed E-state index contributed by atoms with van der Waals surface area (Å²) in [5, 5.41) is 6.76. The number of aliphatic imine (C=N–C) groups is 1. The van der Waals surface area contributed by atoms with Gasteiger partial charge in [-0.05, 0) is 53.6 Å². The van der Waals surface area contributed by atoms with Crippen LogP contribution < -0.4 is 10.6 Å². The molecule has 0 spiro atoms. The van der Waals surface area contributed by atoms with Crippen molar-refractivity contribution in [1.29, 1.82) is 0 Å². The summed E-state index contributed by atoms with van der Waals surface area (Å²) < 4.78 is 5.41. The largest absolute Gasteiger partial charge is 0.377 e. The number of likely N-dealkylation sites (N-methyl/N-ethyl adjacent to an activating group) is 1. The van der Waals surface area contributed by atoms with Gasteiger partial charge in [-0.1, -0.05) is 0 Å². The highest BCUT2D eigenvalue weighted by Gasteiger charge is 2.32. The first-order valence-electron chi connectivity index (χ1n) is 7.63. The van der Waals surface area contributed by atoms with E-state index in [2.05, 4.69) is 41.5 Å². The molecule has 0 bridgehead atoms. The lowest BCUT2D eigenvalue weighted by molar-refractivity contribution is 0.0310. The van der Waals surface area contributed by atoms with Gasteiger partial charge in [-0.2, -0.15) is 0 Å². The third-order valence-corrected chi connectivity index (χ3v) is 3.82. The van der Waals surface area contributed by atoms with Crippen LogP contribution in [0.3, 0.4) is 0 Å². The number of nitrogens with one attached hydrogen (secondary N) is 2. The van der Waals surface area contributed by atoms with E-state index in [-0.39, 0.29) is 5.60 Å². The molecule has 0 aromatic carbocycles. The Balaban J connectivity index is 2.51. The van der Waals surface area contributed by atoms with E-state index in [1.54, 1.807) is 7.11 Å². The van der Waals surface area contributed by atoms with E-state index in [9.17, 15) is 0 Å². The SMILES string of the molecule is CCNC(=NCC(C)(C)OC)NCC(C1CC1)N(C)C. The molecule has 0 saturated heterocycles. The zero-order valence-corrected chi connectivity index (χ0v) is 14.0. The van der Waals surface area contributed by atoms with Crippen molar-refractivity contribution in [2.24, 2.45) is 10.9 Å². The highest BCUT2D eigenvalue weighted by molar-refractivity contribution is 5.79. The van der Waals surface area contributed by atoms with Crippen molar-refractivity contribution in [3.8, 4) is 0 Å². The van der Waals surface area contributed by atoms with Crippen molar-refractivity contribution < 1.29 is 4.74 Å². The summed E-state index contributed by atoms with van der Waals surface area (Å²) in [5.41, 5.74) is -0.222. The van der Waals surface area contributed by atoms with Crippen LogP contribution in [0.25, 0.3) is 0 Å². The average molecular weight is 284 g/mol. The molecule has 2 N–H and O–H groups in total. The Kier molecular flexibility index (Phi) is 6.76. The van der Waals surface area contributed by atoms with Crippen molar-refractivity contribution >= 4 is 5.96 Å². The molecule has 0 heterocycles. The molecule has 20 heavy (non-hydrogen) atoms. The van der Waals surface area contributed by atoms with E-state index in [0.29, 0.717) is 12.6 Å². The summed E-state index contributed by atoms with van der Waals surface area (Å²) in [7, 11) is 6.04. The molecule has 0 aromatic rings. The molecule has 0 amide bonds. The number of hydrogen-bond donors (Lipinski definition) is 2. The van der Waals surface area contributed by atoms with Gasteiger partial charge in [0.05, 0.1) is 12.1 Å². The molecular formula is C15H32N4O. The van der Waals surface area contributed by atoms with Gasteiger partial charge in [0.15, 0.2) is 5.96 Å². The van der Waals surface area contributed by atoms with Crippen LogP contribution in [0.4, 0.5) is 0 Å². The van der Waals surface area contributed by atoms with Crippen LogP contribution in [0.1, 0.15) is 33.6 Å². The Morgan fingerprint density at radius 3 is 2.45 bits per heavy atom. The zero-order chi connectivity index (χ0) is 15.2. The lowest BCUT2D eigenvalue weighted by Gasteiger charge is -2.26. The first-order valence-corrected chi connectivity index (χ1v) is 7.63. The van der Waals surface area contributed by atoms with E-state index in [1.165, 1.54) is 12.8 Å². The molecule has 1 aliphatic carbocycles. The minimum Gasteiger partial charge on any atom is -0.377 e. The zero-order valence-electron chi connectivity index (χ0n) is 14.0. The summed E-state index contributed by atoms with van der Waals surface area (Å²) in [6.07, 6.45) is 2.71. The molecule has 5 heteroatoms. The second kappa shape index (κ2) is 7.84. The minimum atomic E-state index is -0.222. The van der Waals surface area contributed by atoms with Gasteiger partial charge in [0, 0.05) is 26.2 Å². The fourth-order valence-corrected chi connectivity index (χ4v) is 2.13. The van der Waals surface area contributed by atoms with Crippen molar-refractivity contribution in [3.63, 3.8) is 0 Å². The number of rotatable bonds is 8. The van der Waals surface area contributed by atoms with Gasteiger partial charge in [-0.15, -0.1) is 0 Å². The summed E-state index contributed by atoms with van der Waals surface area (Å²) in [6, 6.07) is 0.592.